The van der Waals surface area contributed by atoms with E-state index < -0.39 is 11.5 Å². The van der Waals surface area contributed by atoms with Gasteiger partial charge in [-0.2, -0.15) is 0 Å². The van der Waals surface area contributed by atoms with E-state index in [1.165, 1.54) is 0 Å². The molecule has 0 saturated carbocycles. The Morgan fingerprint density at radius 2 is 2.21 bits per heavy atom. The lowest BCUT2D eigenvalue weighted by Gasteiger charge is -2.39. The highest BCUT2D eigenvalue weighted by Gasteiger charge is 2.44. The fourth-order valence-electron chi connectivity index (χ4n) is 3.12. The molecule has 0 bridgehead atoms. The van der Waals surface area contributed by atoms with Crippen molar-refractivity contribution in [3.8, 4) is 0 Å². The molecule has 0 spiro atoms. The first-order valence-corrected chi connectivity index (χ1v) is 7.27. The SMILES string of the molecule is CC(C)N1CCOC(CN2CCCC2(C)C(=O)O)C1. The quantitative estimate of drug-likeness (QED) is 0.827. The Bertz CT molecular complexity index is 335. The van der Waals surface area contributed by atoms with Crippen LogP contribution in [0.5, 0.6) is 0 Å². The number of aliphatic carboxylic acids is 1. The van der Waals surface area contributed by atoms with Crippen molar-refractivity contribution in [1.29, 1.82) is 0 Å². The third-order valence-electron chi connectivity index (χ3n) is 4.57. The Balaban J connectivity index is 1.95. The van der Waals surface area contributed by atoms with Crippen LogP contribution in [-0.4, -0.2) is 71.3 Å². The lowest BCUT2D eigenvalue weighted by Crippen LogP contribution is -2.55. The van der Waals surface area contributed by atoms with Gasteiger partial charge in [0.25, 0.3) is 0 Å². The monoisotopic (exact) mass is 270 g/mol. The van der Waals surface area contributed by atoms with Gasteiger partial charge in [-0.15, -0.1) is 0 Å². The van der Waals surface area contributed by atoms with E-state index in [0.29, 0.717) is 6.04 Å². The Kier molecular flexibility index (Phi) is 4.48. The molecule has 2 fully saturated rings. The maximum absolute atomic E-state index is 11.5. The molecule has 1 N–H and O–H groups in total. The number of morpholine rings is 1. The Morgan fingerprint density at radius 3 is 2.84 bits per heavy atom. The zero-order valence-electron chi connectivity index (χ0n) is 12.3. The number of nitrogens with zero attached hydrogens (tertiary/aromatic N) is 2. The van der Waals surface area contributed by atoms with Gasteiger partial charge in [-0.1, -0.05) is 0 Å². The Labute approximate surface area is 115 Å². The van der Waals surface area contributed by atoms with Crippen LogP contribution in [0.15, 0.2) is 0 Å². The summed E-state index contributed by atoms with van der Waals surface area (Å²) < 4.78 is 5.82. The van der Waals surface area contributed by atoms with Gasteiger partial charge in [-0.05, 0) is 40.2 Å². The minimum absolute atomic E-state index is 0.132. The summed E-state index contributed by atoms with van der Waals surface area (Å²) in [5.74, 6) is -0.707. The molecule has 5 nitrogen and oxygen atoms in total. The van der Waals surface area contributed by atoms with Crippen LogP contribution >= 0.6 is 0 Å². The summed E-state index contributed by atoms with van der Waals surface area (Å²) in [6, 6.07) is 0.524. The van der Waals surface area contributed by atoms with Crippen molar-refractivity contribution in [2.75, 3.05) is 32.8 Å². The van der Waals surface area contributed by atoms with Gasteiger partial charge in [-0.3, -0.25) is 14.6 Å². The highest BCUT2D eigenvalue weighted by molar-refractivity contribution is 5.78. The number of carboxylic acid groups (broad SMARTS) is 1. The van der Waals surface area contributed by atoms with Crippen LogP contribution in [0.3, 0.4) is 0 Å². The van der Waals surface area contributed by atoms with Crippen molar-refractivity contribution >= 4 is 5.97 Å². The van der Waals surface area contributed by atoms with Gasteiger partial charge in [0.2, 0.25) is 0 Å². The number of likely N-dealkylation sites (tertiary alicyclic amines) is 1. The molecule has 0 amide bonds. The number of hydrogen-bond acceptors (Lipinski definition) is 4. The zero-order valence-corrected chi connectivity index (χ0v) is 12.3. The van der Waals surface area contributed by atoms with E-state index >= 15 is 0 Å². The molecule has 0 aromatic heterocycles. The van der Waals surface area contributed by atoms with Gasteiger partial charge in [0.1, 0.15) is 5.54 Å². The fourth-order valence-corrected chi connectivity index (χ4v) is 3.12. The smallest absolute Gasteiger partial charge is 0.323 e. The van der Waals surface area contributed by atoms with Crippen LogP contribution in [-0.2, 0) is 9.53 Å². The fraction of sp³-hybridized carbons (Fsp3) is 0.929. The first-order valence-electron chi connectivity index (χ1n) is 7.27. The van der Waals surface area contributed by atoms with Gasteiger partial charge < -0.3 is 9.84 Å². The van der Waals surface area contributed by atoms with Gasteiger partial charge in [-0.25, -0.2) is 0 Å². The van der Waals surface area contributed by atoms with Crippen LogP contribution in [0.4, 0.5) is 0 Å². The van der Waals surface area contributed by atoms with Crippen LogP contribution in [0.25, 0.3) is 0 Å². The number of carboxylic acids is 1. The second-order valence-electron chi connectivity index (χ2n) is 6.21. The average molecular weight is 270 g/mol. The van der Waals surface area contributed by atoms with E-state index in [1.54, 1.807) is 0 Å². The molecule has 0 aliphatic carbocycles. The molecule has 2 atom stereocenters. The molecule has 0 radical (unpaired) electrons. The van der Waals surface area contributed by atoms with Crippen molar-refractivity contribution in [2.45, 2.75) is 51.3 Å². The van der Waals surface area contributed by atoms with Crippen molar-refractivity contribution < 1.29 is 14.6 Å². The summed E-state index contributed by atoms with van der Waals surface area (Å²) in [4.78, 5) is 15.9. The molecule has 2 heterocycles. The molecule has 2 aliphatic rings. The maximum Gasteiger partial charge on any atom is 0.323 e. The molecule has 19 heavy (non-hydrogen) atoms. The largest absolute Gasteiger partial charge is 0.480 e. The second-order valence-corrected chi connectivity index (χ2v) is 6.21. The van der Waals surface area contributed by atoms with Gasteiger partial charge in [0.15, 0.2) is 0 Å². The van der Waals surface area contributed by atoms with Gasteiger partial charge in [0, 0.05) is 25.7 Å². The summed E-state index contributed by atoms with van der Waals surface area (Å²) in [6.07, 6.45) is 1.83. The normalized spacial score (nSPS) is 34.0. The summed E-state index contributed by atoms with van der Waals surface area (Å²) >= 11 is 0. The number of carbonyl (C=O) groups is 1. The topological polar surface area (TPSA) is 53.0 Å². The van der Waals surface area contributed by atoms with E-state index in [4.69, 9.17) is 4.74 Å². The third kappa shape index (κ3) is 3.09. The van der Waals surface area contributed by atoms with Gasteiger partial charge >= 0.3 is 5.97 Å². The number of hydrogen-bond donors (Lipinski definition) is 1. The van der Waals surface area contributed by atoms with Gasteiger partial charge in [0.05, 0.1) is 12.7 Å². The highest BCUT2D eigenvalue weighted by atomic mass is 16.5. The zero-order chi connectivity index (χ0) is 14.0. The molecule has 2 aliphatic heterocycles. The van der Waals surface area contributed by atoms with E-state index in [2.05, 4.69) is 23.6 Å². The molecule has 0 aromatic carbocycles. The molecule has 0 aromatic rings. The Hall–Kier alpha value is -0.650. The predicted molar refractivity (Wildman–Crippen MR) is 73.3 cm³/mol. The van der Waals surface area contributed by atoms with E-state index in [0.717, 1.165) is 45.6 Å². The van der Waals surface area contributed by atoms with Crippen LogP contribution in [0.2, 0.25) is 0 Å². The van der Waals surface area contributed by atoms with Crippen molar-refractivity contribution in [3.63, 3.8) is 0 Å². The number of rotatable bonds is 4. The summed E-state index contributed by atoms with van der Waals surface area (Å²) in [5.41, 5.74) is -0.705. The second kappa shape index (κ2) is 5.77. The van der Waals surface area contributed by atoms with Crippen molar-refractivity contribution in [2.24, 2.45) is 0 Å². The number of ether oxygens (including phenoxy) is 1. The first-order chi connectivity index (χ1) is 8.93. The van der Waals surface area contributed by atoms with Crippen LogP contribution in [0, 0.1) is 0 Å². The van der Waals surface area contributed by atoms with Crippen molar-refractivity contribution in [3.05, 3.63) is 0 Å². The van der Waals surface area contributed by atoms with E-state index in [-0.39, 0.29) is 6.10 Å². The summed E-state index contributed by atoms with van der Waals surface area (Å²) in [6.45, 7) is 10.5. The molecule has 2 rings (SSSR count). The molecule has 110 valence electrons. The highest BCUT2D eigenvalue weighted by Crippen LogP contribution is 2.29. The minimum atomic E-state index is -0.707. The summed E-state index contributed by atoms with van der Waals surface area (Å²) in [7, 11) is 0. The van der Waals surface area contributed by atoms with Crippen LogP contribution < -0.4 is 0 Å². The van der Waals surface area contributed by atoms with E-state index in [1.807, 2.05) is 6.92 Å². The average Bonchev–Trinajstić information content (AvgIpc) is 2.73. The maximum atomic E-state index is 11.5. The lowest BCUT2D eigenvalue weighted by atomic mass is 9.99. The predicted octanol–water partition coefficient (Wildman–Crippen LogP) is 1.03. The molecule has 2 saturated heterocycles. The first kappa shape index (κ1) is 14.8. The van der Waals surface area contributed by atoms with E-state index in [9.17, 15) is 9.90 Å². The Morgan fingerprint density at radius 1 is 1.47 bits per heavy atom. The molecule has 5 heteroatoms. The van der Waals surface area contributed by atoms with Crippen molar-refractivity contribution in [1.82, 2.24) is 9.80 Å². The minimum Gasteiger partial charge on any atom is -0.480 e. The van der Waals surface area contributed by atoms with Crippen LogP contribution in [0.1, 0.15) is 33.6 Å². The standard InChI is InChI=1S/C14H26N2O3/c1-11(2)15-7-8-19-12(9-15)10-16-6-4-5-14(16,3)13(17)18/h11-12H,4-10H2,1-3H3,(H,17,18). The third-order valence-corrected chi connectivity index (χ3v) is 4.57. The molecule has 2 unspecified atom stereocenters. The molecular formula is C14H26N2O3. The molecular weight excluding hydrogens is 244 g/mol. The summed E-state index contributed by atoms with van der Waals surface area (Å²) in [5, 5.41) is 9.42. The lowest BCUT2D eigenvalue weighted by molar-refractivity contribution is -0.150.